The average molecular weight is 716 g/mol. The first-order chi connectivity index (χ1) is 22.9. The molecule has 0 saturated heterocycles. The summed E-state index contributed by atoms with van der Waals surface area (Å²) in [5, 5.41) is 3.00. The first kappa shape index (κ1) is 38.4. The minimum atomic E-state index is -4.40. The standard InChI is InChI=1S/C36H50N4O7S2/c1-35(2)28-24-26(48(42,43)44)17-19-30(28)39(5)32(35)14-13-15-33-36(3,4)29-25-27(49(45,46)47)18-20-31(29)40(33)23-12-8-9-16-34(41)38-22-11-7-6-10-21-37/h13-15,17-20,24-25H,6-12,16,21-23,37H2,1-5H3,(H2-,38,41,42,43,44,45,46,47)/p+1. The highest BCUT2D eigenvalue weighted by atomic mass is 32.2. The molecule has 13 heteroatoms. The number of nitrogens with zero attached hydrogens (tertiary/aromatic N) is 2. The van der Waals surface area contributed by atoms with E-state index < -0.39 is 31.1 Å². The molecule has 11 nitrogen and oxygen atoms in total. The van der Waals surface area contributed by atoms with E-state index in [0.717, 1.165) is 78.9 Å². The van der Waals surface area contributed by atoms with E-state index in [-0.39, 0.29) is 15.7 Å². The van der Waals surface area contributed by atoms with Gasteiger partial charge in [-0.15, -0.1) is 0 Å². The van der Waals surface area contributed by atoms with Crippen LogP contribution in [0.15, 0.2) is 70.1 Å². The van der Waals surface area contributed by atoms with Crippen LogP contribution in [0.25, 0.3) is 0 Å². The summed E-state index contributed by atoms with van der Waals surface area (Å²) < 4.78 is 69.2. The van der Waals surface area contributed by atoms with Crippen LogP contribution in [0, 0.1) is 0 Å². The highest BCUT2D eigenvalue weighted by Gasteiger charge is 2.44. The number of hydrogen-bond acceptors (Lipinski definition) is 7. The fraction of sp³-hybridized carbons (Fsp3) is 0.500. The smallest absolute Gasteiger partial charge is 0.294 e. The van der Waals surface area contributed by atoms with E-state index in [4.69, 9.17) is 5.73 Å². The van der Waals surface area contributed by atoms with Crippen molar-refractivity contribution in [3.63, 3.8) is 0 Å². The van der Waals surface area contributed by atoms with E-state index in [2.05, 4.69) is 10.2 Å². The molecule has 2 heterocycles. The van der Waals surface area contributed by atoms with Crippen LogP contribution in [-0.4, -0.2) is 68.8 Å². The largest absolute Gasteiger partial charge is 0.356 e. The van der Waals surface area contributed by atoms with Gasteiger partial charge >= 0.3 is 0 Å². The zero-order chi connectivity index (χ0) is 36.2. The van der Waals surface area contributed by atoms with Crippen molar-refractivity contribution >= 4 is 43.2 Å². The summed E-state index contributed by atoms with van der Waals surface area (Å²) in [7, 11) is -6.84. The van der Waals surface area contributed by atoms with Gasteiger partial charge in [0.15, 0.2) is 5.71 Å². The number of rotatable bonds is 16. The number of amides is 1. The molecular weight excluding hydrogens is 665 g/mol. The molecule has 0 spiro atoms. The molecule has 0 radical (unpaired) electrons. The van der Waals surface area contributed by atoms with E-state index >= 15 is 0 Å². The Bertz CT molecular complexity index is 1880. The predicted octanol–water partition coefficient (Wildman–Crippen LogP) is 5.62. The number of unbranched alkanes of at least 4 members (excludes halogenated alkanes) is 5. The van der Waals surface area contributed by atoms with E-state index in [9.17, 15) is 30.7 Å². The van der Waals surface area contributed by atoms with E-state index in [1.165, 1.54) is 24.3 Å². The fourth-order valence-corrected chi connectivity index (χ4v) is 7.95. The van der Waals surface area contributed by atoms with Crippen molar-refractivity contribution in [3.05, 3.63) is 71.5 Å². The maximum atomic E-state index is 12.3. The number of carbonyl (C=O) groups is 1. The number of hydrogen-bond donors (Lipinski definition) is 4. The van der Waals surface area contributed by atoms with Crippen molar-refractivity contribution in [3.8, 4) is 0 Å². The fourth-order valence-electron chi connectivity index (χ4n) is 6.93. The van der Waals surface area contributed by atoms with Crippen LogP contribution in [0.3, 0.4) is 0 Å². The molecule has 2 aromatic rings. The SMILES string of the molecule is C[N+]1=C(C=CC=C2N(CCCCCC(=O)NCCCCCCN)c3ccc(S(=O)(=O)O)cc3C2(C)C)C(C)(C)c2cc(S(=O)(=O)O)ccc21. The molecule has 0 fully saturated rings. The van der Waals surface area contributed by atoms with Crippen LogP contribution in [0.2, 0.25) is 0 Å². The van der Waals surface area contributed by atoms with Crippen LogP contribution in [0.4, 0.5) is 11.4 Å². The number of carbonyl (C=O) groups excluding carboxylic acids is 1. The Morgan fingerprint density at radius 3 is 2.12 bits per heavy atom. The Hall–Kier alpha value is -3.36. The number of nitrogens with two attached hydrogens (primary N) is 1. The molecule has 0 aliphatic carbocycles. The molecule has 0 unspecified atom stereocenters. The molecule has 0 saturated carbocycles. The van der Waals surface area contributed by atoms with Gasteiger partial charge in [0, 0.05) is 54.0 Å². The topological polar surface area (TPSA) is 170 Å². The monoisotopic (exact) mass is 715 g/mol. The van der Waals surface area contributed by atoms with E-state index in [0.29, 0.717) is 26.1 Å². The van der Waals surface area contributed by atoms with E-state index in [1.54, 1.807) is 12.1 Å². The summed E-state index contributed by atoms with van der Waals surface area (Å²) in [6.07, 6.45) is 12.9. The van der Waals surface area contributed by atoms with E-state index in [1.807, 2.05) is 57.5 Å². The van der Waals surface area contributed by atoms with Gasteiger partial charge in [-0.3, -0.25) is 13.9 Å². The third-order valence-corrected chi connectivity index (χ3v) is 11.4. The number of nitrogens with one attached hydrogen (secondary N) is 1. The lowest BCUT2D eigenvalue weighted by molar-refractivity contribution is -0.401. The molecule has 0 bridgehead atoms. The lowest BCUT2D eigenvalue weighted by atomic mass is 9.81. The zero-order valence-corrected chi connectivity index (χ0v) is 30.8. The Kier molecular flexibility index (Phi) is 12.0. The molecule has 4 rings (SSSR count). The summed E-state index contributed by atoms with van der Waals surface area (Å²) in [6.45, 7) is 10.1. The van der Waals surface area contributed by atoms with Gasteiger partial charge in [0.2, 0.25) is 11.6 Å². The van der Waals surface area contributed by atoms with Crippen molar-refractivity contribution in [1.29, 1.82) is 0 Å². The number of anilines is 1. The second-order valence-electron chi connectivity index (χ2n) is 13.9. The normalized spacial score (nSPS) is 17.6. The van der Waals surface area contributed by atoms with Gasteiger partial charge in [-0.25, -0.2) is 0 Å². The highest BCUT2D eigenvalue weighted by Crippen LogP contribution is 2.49. The Labute approximate surface area is 291 Å². The third kappa shape index (κ3) is 8.69. The second-order valence-corrected chi connectivity index (χ2v) is 16.8. The summed E-state index contributed by atoms with van der Waals surface area (Å²) in [4.78, 5) is 14.2. The zero-order valence-electron chi connectivity index (χ0n) is 29.2. The van der Waals surface area contributed by atoms with Crippen molar-refractivity contribution in [2.75, 3.05) is 31.6 Å². The van der Waals surface area contributed by atoms with Crippen LogP contribution in [0.5, 0.6) is 0 Å². The van der Waals surface area contributed by atoms with Gasteiger partial charge in [-0.05, 0) is 88.0 Å². The van der Waals surface area contributed by atoms with Crippen molar-refractivity contribution in [2.24, 2.45) is 5.73 Å². The minimum absolute atomic E-state index is 0.0589. The van der Waals surface area contributed by atoms with Gasteiger partial charge in [-0.1, -0.05) is 39.2 Å². The number of benzene rings is 2. The minimum Gasteiger partial charge on any atom is -0.356 e. The Morgan fingerprint density at radius 2 is 1.47 bits per heavy atom. The van der Waals surface area contributed by atoms with Crippen molar-refractivity contribution in [1.82, 2.24) is 5.32 Å². The molecule has 1 amide bonds. The van der Waals surface area contributed by atoms with Crippen LogP contribution >= 0.6 is 0 Å². The quantitative estimate of drug-likeness (QED) is 0.0979. The third-order valence-electron chi connectivity index (χ3n) is 9.71. The lowest BCUT2D eigenvalue weighted by Crippen LogP contribution is -2.28. The van der Waals surface area contributed by atoms with Gasteiger partial charge in [0.1, 0.15) is 7.05 Å². The molecule has 49 heavy (non-hydrogen) atoms. The van der Waals surface area contributed by atoms with Crippen LogP contribution in [-0.2, 0) is 35.9 Å². The molecular formula is C36H51N4O7S2+. The second kappa shape index (κ2) is 15.3. The summed E-state index contributed by atoms with van der Waals surface area (Å²) >= 11 is 0. The van der Waals surface area contributed by atoms with Gasteiger partial charge < -0.3 is 16.0 Å². The molecule has 5 N–H and O–H groups in total. The Balaban J connectivity index is 1.53. The van der Waals surface area contributed by atoms with Crippen LogP contribution < -0.4 is 16.0 Å². The maximum Gasteiger partial charge on any atom is 0.294 e. The first-order valence-electron chi connectivity index (χ1n) is 16.9. The Morgan fingerprint density at radius 1 is 0.857 bits per heavy atom. The van der Waals surface area contributed by atoms with Gasteiger partial charge in [0.25, 0.3) is 20.2 Å². The van der Waals surface area contributed by atoms with Gasteiger partial charge in [-0.2, -0.15) is 21.4 Å². The average Bonchev–Trinajstić information content (AvgIpc) is 3.35. The molecule has 2 aromatic carbocycles. The summed E-state index contributed by atoms with van der Waals surface area (Å²) in [6, 6.07) is 9.29. The molecule has 2 aliphatic rings. The predicted molar refractivity (Wildman–Crippen MR) is 193 cm³/mol. The summed E-state index contributed by atoms with van der Waals surface area (Å²) in [5.74, 6) is 0.0589. The molecule has 2 aliphatic heterocycles. The first-order valence-corrected chi connectivity index (χ1v) is 19.8. The molecule has 0 aromatic heterocycles. The van der Waals surface area contributed by atoms with Crippen LogP contribution in [0.1, 0.15) is 90.2 Å². The highest BCUT2D eigenvalue weighted by molar-refractivity contribution is 7.86. The maximum absolute atomic E-state index is 12.3. The lowest BCUT2D eigenvalue weighted by Gasteiger charge is -2.27. The van der Waals surface area contributed by atoms with Crippen molar-refractivity contribution < 1.29 is 35.3 Å². The summed E-state index contributed by atoms with van der Waals surface area (Å²) in [5.41, 5.74) is 9.51. The number of allylic oxidation sites excluding steroid dienone is 4. The van der Waals surface area contributed by atoms with Crippen molar-refractivity contribution in [2.45, 2.75) is 99.7 Å². The molecule has 268 valence electrons. The molecule has 0 atom stereocenters. The number of fused-ring (bicyclic) bond motifs is 2. The van der Waals surface area contributed by atoms with Gasteiger partial charge in [0.05, 0.1) is 15.2 Å².